The molecule has 3 aromatic rings. The highest BCUT2D eigenvalue weighted by molar-refractivity contribution is 9.10. The predicted molar refractivity (Wildman–Crippen MR) is 122 cm³/mol. The van der Waals surface area contributed by atoms with Gasteiger partial charge >= 0.3 is 0 Å². The molecule has 0 atom stereocenters. The van der Waals surface area contributed by atoms with Crippen molar-refractivity contribution in [1.29, 1.82) is 0 Å². The van der Waals surface area contributed by atoms with Crippen molar-refractivity contribution in [1.82, 2.24) is 9.88 Å². The van der Waals surface area contributed by atoms with Gasteiger partial charge in [0.1, 0.15) is 11.6 Å². The number of amides is 1. The Bertz CT molecular complexity index is 1110. The van der Waals surface area contributed by atoms with Gasteiger partial charge < -0.3 is 14.6 Å². The Morgan fingerprint density at radius 3 is 2.48 bits per heavy atom. The van der Waals surface area contributed by atoms with Crippen LogP contribution in [0.2, 0.25) is 0 Å². The average molecular weight is 487 g/mol. The summed E-state index contributed by atoms with van der Waals surface area (Å²) in [5.74, 6) is 0.206. The van der Waals surface area contributed by atoms with Crippen molar-refractivity contribution >= 4 is 27.6 Å². The summed E-state index contributed by atoms with van der Waals surface area (Å²) in [7, 11) is 1.59. The maximum absolute atomic E-state index is 13.3. The van der Waals surface area contributed by atoms with E-state index < -0.39 is 0 Å². The second-order valence-electron chi connectivity index (χ2n) is 7.23. The van der Waals surface area contributed by atoms with Crippen molar-refractivity contribution in [3.63, 3.8) is 0 Å². The Kier molecular flexibility index (Phi) is 7.28. The summed E-state index contributed by atoms with van der Waals surface area (Å²) in [6, 6.07) is 13.5. The minimum Gasteiger partial charge on any atom is -0.496 e. The van der Waals surface area contributed by atoms with Crippen LogP contribution in [0.25, 0.3) is 11.3 Å². The van der Waals surface area contributed by atoms with Crippen molar-refractivity contribution in [3.05, 3.63) is 75.6 Å². The van der Waals surface area contributed by atoms with Crippen molar-refractivity contribution in [3.8, 4) is 17.0 Å². The standard InChI is InChI=1S/C24H24BrFN2O3/c1-15-21(16(2)29)13-22(17-4-7-20(26)8-5-17)28(15)11-10-24(30)27-14-18-12-19(25)6-9-23(18)31-3/h4-9,12-13H,10-11,14H2,1-3H3,(H,27,30). The van der Waals surface area contributed by atoms with Crippen LogP contribution in [0.4, 0.5) is 4.39 Å². The quantitative estimate of drug-likeness (QED) is 0.440. The number of nitrogens with zero attached hydrogens (tertiary/aromatic N) is 1. The number of hydrogen-bond acceptors (Lipinski definition) is 3. The number of ketones is 1. The number of benzene rings is 2. The molecular formula is C24H24BrFN2O3. The van der Waals surface area contributed by atoms with Crippen molar-refractivity contribution in [2.45, 2.75) is 33.4 Å². The van der Waals surface area contributed by atoms with Gasteiger partial charge in [0.2, 0.25) is 5.91 Å². The monoisotopic (exact) mass is 486 g/mol. The van der Waals surface area contributed by atoms with Gasteiger partial charge in [0, 0.05) is 46.5 Å². The van der Waals surface area contributed by atoms with Crippen LogP contribution in [-0.4, -0.2) is 23.4 Å². The second kappa shape index (κ2) is 9.92. The van der Waals surface area contributed by atoms with E-state index in [9.17, 15) is 14.0 Å². The second-order valence-corrected chi connectivity index (χ2v) is 8.14. The molecule has 0 spiro atoms. The molecule has 0 saturated carbocycles. The molecule has 2 aromatic carbocycles. The van der Waals surface area contributed by atoms with Gasteiger partial charge in [-0.1, -0.05) is 15.9 Å². The minimum absolute atomic E-state index is 0.0502. The molecule has 0 radical (unpaired) electrons. The lowest BCUT2D eigenvalue weighted by Crippen LogP contribution is -2.24. The third-order valence-corrected chi connectivity index (χ3v) is 5.66. The lowest BCUT2D eigenvalue weighted by molar-refractivity contribution is -0.121. The van der Waals surface area contributed by atoms with Crippen LogP contribution in [0.1, 0.15) is 35.0 Å². The summed E-state index contributed by atoms with van der Waals surface area (Å²) in [6.07, 6.45) is 0.234. The number of carbonyl (C=O) groups is 2. The SMILES string of the molecule is COc1ccc(Br)cc1CNC(=O)CCn1c(-c2ccc(F)cc2)cc(C(C)=O)c1C. The molecule has 1 amide bonds. The molecular weight excluding hydrogens is 463 g/mol. The fourth-order valence-corrected chi connectivity index (χ4v) is 3.94. The van der Waals surface area contributed by atoms with E-state index in [0.29, 0.717) is 24.4 Å². The molecule has 0 bridgehead atoms. The minimum atomic E-state index is -0.326. The summed E-state index contributed by atoms with van der Waals surface area (Å²) in [4.78, 5) is 24.6. The normalized spacial score (nSPS) is 10.7. The Morgan fingerprint density at radius 2 is 1.84 bits per heavy atom. The highest BCUT2D eigenvalue weighted by Gasteiger charge is 2.17. The number of carbonyl (C=O) groups excluding carboxylic acids is 2. The van der Waals surface area contributed by atoms with Crippen molar-refractivity contribution in [2.75, 3.05) is 7.11 Å². The third kappa shape index (κ3) is 5.41. The molecule has 0 unspecified atom stereocenters. The first kappa shape index (κ1) is 22.7. The zero-order chi connectivity index (χ0) is 22.5. The number of aromatic nitrogens is 1. The fraction of sp³-hybridized carbons (Fsp3) is 0.250. The van der Waals surface area contributed by atoms with E-state index in [0.717, 1.165) is 27.0 Å². The summed E-state index contributed by atoms with van der Waals surface area (Å²) in [5.41, 5.74) is 3.82. The molecule has 1 aromatic heterocycles. The van der Waals surface area contributed by atoms with Gasteiger partial charge in [-0.15, -0.1) is 0 Å². The number of hydrogen-bond donors (Lipinski definition) is 1. The topological polar surface area (TPSA) is 60.3 Å². The summed E-state index contributed by atoms with van der Waals surface area (Å²) in [6.45, 7) is 4.11. The van der Waals surface area contributed by atoms with Crippen LogP contribution in [0.3, 0.4) is 0 Å². The molecule has 7 heteroatoms. The van der Waals surface area contributed by atoms with Crippen LogP contribution in [0.5, 0.6) is 5.75 Å². The van der Waals surface area contributed by atoms with Crippen LogP contribution < -0.4 is 10.1 Å². The van der Waals surface area contributed by atoms with Gasteiger partial charge in [0.15, 0.2) is 5.78 Å². The number of rotatable bonds is 8. The maximum atomic E-state index is 13.3. The predicted octanol–water partition coefficient (Wildman–Crippen LogP) is 5.28. The molecule has 3 rings (SSSR count). The summed E-state index contributed by atoms with van der Waals surface area (Å²) in [5, 5.41) is 2.92. The van der Waals surface area contributed by atoms with E-state index in [-0.39, 0.29) is 23.9 Å². The van der Waals surface area contributed by atoms with Gasteiger partial charge in [0.05, 0.1) is 7.11 Å². The first-order valence-electron chi connectivity index (χ1n) is 9.86. The molecule has 1 heterocycles. The van der Waals surface area contributed by atoms with E-state index in [4.69, 9.17) is 4.74 Å². The lowest BCUT2D eigenvalue weighted by atomic mass is 10.1. The number of halogens is 2. The van der Waals surface area contributed by atoms with Gasteiger partial charge in [0.25, 0.3) is 0 Å². The number of methoxy groups -OCH3 is 1. The molecule has 0 fully saturated rings. The average Bonchev–Trinajstić information content (AvgIpc) is 3.08. The summed E-state index contributed by atoms with van der Waals surface area (Å²) < 4.78 is 21.5. The first-order valence-corrected chi connectivity index (χ1v) is 10.7. The fourth-order valence-electron chi connectivity index (χ4n) is 3.53. The van der Waals surface area contributed by atoms with Gasteiger partial charge in [-0.25, -0.2) is 4.39 Å². The number of Topliss-reactive ketones (excluding diaryl/α,β-unsaturated/α-hetero) is 1. The molecule has 0 aliphatic rings. The summed E-state index contributed by atoms with van der Waals surface area (Å²) >= 11 is 3.43. The van der Waals surface area contributed by atoms with Crippen LogP contribution in [0.15, 0.2) is 53.0 Å². The third-order valence-electron chi connectivity index (χ3n) is 5.17. The van der Waals surface area contributed by atoms with E-state index in [1.165, 1.54) is 19.1 Å². The Balaban J connectivity index is 1.75. The molecule has 0 aliphatic heterocycles. The number of ether oxygens (including phenoxy) is 1. The largest absolute Gasteiger partial charge is 0.496 e. The van der Waals surface area contributed by atoms with Gasteiger partial charge in [-0.2, -0.15) is 0 Å². The van der Waals surface area contributed by atoms with E-state index in [1.54, 1.807) is 25.3 Å². The van der Waals surface area contributed by atoms with Gasteiger partial charge in [-0.3, -0.25) is 9.59 Å². The molecule has 31 heavy (non-hydrogen) atoms. The Hall–Kier alpha value is -2.93. The van der Waals surface area contributed by atoms with Crippen LogP contribution in [-0.2, 0) is 17.9 Å². The van der Waals surface area contributed by atoms with Crippen molar-refractivity contribution in [2.24, 2.45) is 0 Å². The molecule has 0 aliphatic carbocycles. The highest BCUT2D eigenvalue weighted by atomic mass is 79.9. The van der Waals surface area contributed by atoms with E-state index in [1.807, 2.05) is 29.7 Å². The maximum Gasteiger partial charge on any atom is 0.222 e. The Morgan fingerprint density at radius 1 is 1.13 bits per heavy atom. The van der Waals surface area contributed by atoms with Crippen LogP contribution in [0, 0.1) is 12.7 Å². The zero-order valence-electron chi connectivity index (χ0n) is 17.7. The van der Waals surface area contributed by atoms with E-state index >= 15 is 0 Å². The van der Waals surface area contributed by atoms with E-state index in [2.05, 4.69) is 21.2 Å². The van der Waals surface area contributed by atoms with Crippen LogP contribution >= 0.6 is 15.9 Å². The smallest absolute Gasteiger partial charge is 0.222 e. The zero-order valence-corrected chi connectivity index (χ0v) is 19.3. The molecule has 1 N–H and O–H groups in total. The molecule has 5 nitrogen and oxygen atoms in total. The Labute approximate surface area is 189 Å². The lowest BCUT2D eigenvalue weighted by Gasteiger charge is -2.13. The van der Waals surface area contributed by atoms with Crippen molar-refractivity contribution < 1.29 is 18.7 Å². The number of nitrogens with one attached hydrogen (secondary N) is 1. The first-order chi connectivity index (χ1) is 14.8. The molecule has 0 saturated heterocycles. The highest BCUT2D eigenvalue weighted by Crippen LogP contribution is 2.27. The molecule has 162 valence electrons. The van der Waals surface area contributed by atoms with Gasteiger partial charge in [-0.05, 0) is 67.9 Å².